The van der Waals surface area contributed by atoms with E-state index in [1.165, 1.54) is 36.8 Å². The molecule has 0 saturated carbocycles. The summed E-state index contributed by atoms with van der Waals surface area (Å²) in [6.45, 7) is 2.49. The summed E-state index contributed by atoms with van der Waals surface area (Å²) in [5.74, 6) is 0. The van der Waals surface area contributed by atoms with Gasteiger partial charge in [0.25, 0.3) is 10.1 Å². The summed E-state index contributed by atoms with van der Waals surface area (Å²) in [6.07, 6.45) is 8.97. The van der Waals surface area contributed by atoms with E-state index < -0.39 is 10.1 Å². The fraction of sp³-hybridized carbons (Fsp3) is 0.625. The first-order chi connectivity index (χ1) is 9.51. The van der Waals surface area contributed by atoms with Crippen LogP contribution >= 0.6 is 0 Å². The van der Waals surface area contributed by atoms with Gasteiger partial charge in [0, 0.05) is 0 Å². The van der Waals surface area contributed by atoms with E-state index in [9.17, 15) is 8.42 Å². The number of hydrogen-bond acceptors (Lipinski definition) is 3. The van der Waals surface area contributed by atoms with Gasteiger partial charge < -0.3 is 0 Å². The van der Waals surface area contributed by atoms with Crippen LogP contribution in [0.5, 0.6) is 0 Å². The Kier molecular flexibility index (Phi) is 7.85. The zero-order valence-corrected chi connectivity index (χ0v) is 13.4. The maximum atomic E-state index is 10.8. The normalized spacial score (nSPS) is 11.7. The predicted octanol–water partition coefficient (Wildman–Crippen LogP) is 3.72. The van der Waals surface area contributed by atoms with Gasteiger partial charge in [0.2, 0.25) is 0 Å². The third-order valence-electron chi connectivity index (χ3n) is 3.25. The van der Waals surface area contributed by atoms with Crippen molar-refractivity contribution in [2.75, 3.05) is 12.9 Å². The fourth-order valence-corrected chi connectivity index (χ4v) is 2.54. The third kappa shape index (κ3) is 8.33. The number of benzene rings is 1. The lowest BCUT2D eigenvalue weighted by Gasteiger charge is -2.05. The van der Waals surface area contributed by atoms with Gasteiger partial charge in [-0.2, -0.15) is 8.42 Å². The van der Waals surface area contributed by atoms with Gasteiger partial charge in [0.05, 0.1) is 12.9 Å². The lowest BCUT2D eigenvalue weighted by molar-refractivity contribution is 0.316. The molecule has 4 heteroatoms. The Morgan fingerprint density at radius 3 is 1.95 bits per heavy atom. The van der Waals surface area contributed by atoms with Crippen LogP contribution in [-0.2, 0) is 27.1 Å². The van der Waals surface area contributed by atoms with E-state index in [2.05, 4.69) is 31.2 Å². The van der Waals surface area contributed by atoms with Gasteiger partial charge in [-0.3, -0.25) is 4.18 Å². The van der Waals surface area contributed by atoms with Gasteiger partial charge in [-0.25, -0.2) is 0 Å². The fourth-order valence-electron chi connectivity index (χ4n) is 2.12. The van der Waals surface area contributed by atoms with Gasteiger partial charge in [-0.1, -0.05) is 50.5 Å². The van der Waals surface area contributed by atoms with Crippen LogP contribution in [0.2, 0.25) is 0 Å². The standard InChI is InChI=1S/C16H26O3S/c1-3-4-5-6-8-15-10-12-16(13-11-15)9-7-14-19-20(2,17)18/h10-13H,3-9,14H2,1-2H3. The van der Waals surface area contributed by atoms with Crippen LogP contribution in [0.15, 0.2) is 24.3 Å². The highest BCUT2D eigenvalue weighted by atomic mass is 32.2. The molecule has 0 atom stereocenters. The molecule has 1 rings (SSSR count). The molecule has 0 saturated heterocycles. The van der Waals surface area contributed by atoms with Crippen molar-refractivity contribution < 1.29 is 12.6 Å². The number of rotatable bonds is 10. The largest absolute Gasteiger partial charge is 0.270 e. The molecule has 0 bridgehead atoms. The van der Waals surface area contributed by atoms with E-state index in [0.29, 0.717) is 0 Å². The number of hydrogen-bond donors (Lipinski definition) is 0. The van der Waals surface area contributed by atoms with Gasteiger partial charge in [-0.05, 0) is 36.8 Å². The molecule has 0 aliphatic carbocycles. The van der Waals surface area contributed by atoms with Crippen molar-refractivity contribution in [1.29, 1.82) is 0 Å². The molecule has 0 aliphatic heterocycles. The van der Waals surface area contributed by atoms with Crippen LogP contribution in [0.25, 0.3) is 0 Å². The molecule has 0 N–H and O–H groups in total. The Morgan fingerprint density at radius 2 is 1.45 bits per heavy atom. The van der Waals surface area contributed by atoms with E-state index in [1.54, 1.807) is 0 Å². The molecule has 1 aromatic rings. The van der Waals surface area contributed by atoms with Crippen LogP contribution in [0, 0.1) is 0 Å². The quantitative estimate of drug-likeness (QED) is 0.488. The minimum atomic E-state index is -3.30. The molecule has 0 radical (unpaired) electrons. The first-order valence-electron chi connectivity index (χ1n) is 7.43. The second kappa shape index (κ2) is 9.14. The van der Waals surface area contributed by atoms with Crippen LogP contribution in [0.1, 0.15) is 50.2 Å². The average molecular weight is 298 g/mol. The van der Waals surface area contributed by atoms with Crippen LogP contribution in [0.3, 0.4) is 0 Å². The second-order valence-electron chi connectivity index (χ2n) is 5.26. The molecule has 3 nitrogen and oxygen atoms in total. The van der Waals surface area contributed by atoms with E-state index in [-0.39, 0.29) is 6.61 Å². The molecule has 0 amide bonds. The second-order valence-corrected chi connectivity index (χ2v) is 6.90. The van der Waals surface area contributed by atoms with Crippen molar-refractivity contribution in [2.45, 2.75) is 51.9 Å². The maximum Gasteiger partial charge on any atom is 0.264 e. The summed E-state index contributed by atoms with van der Waals surface area (Å²) in [7, 11) is -3.30. The van der Waals surface area contributed by atoms with Gasteiger partial charge >= 0.3 is 0 Å². The lowest BCUT2D eigenvalue weighted by Crippen LogP contribution is -2.04. The van der Waals surface area contributed by atoms with Crippen LogP contribution in [-0.4, -0.2) is 21.3 Å². The van der Waals surface area contributed by atoms with Crippen molar-refractivity contribution in [3.63, 3.8) is 0 Å². The highest BCUT2D eigenvalue weighted by Gasteiger charge is 2.01. The Balaban J connectivity index is 2.24. The van der Waals surface area contributed by atoms with Gasteiger partial charge in [0.15, 0.2) is 0 Å². The summed E-state index contributed by atoms with van der Waals surface area (Å²) in [5.41, 5.74) is 2.62. The summed E-state index contributed by atoms with van der Waals surface area (Å²) in [4.78, 5) is 0. The Hall–Kier alpha value is -0.870. The average Bonchev–Trinajstić information content (AvgIpc) is 2.40. The van der Waals surface area contributed by atoms with Crippen molar-refractivity contribution in [3.05, 3.63) is 35.4 Å². The molecular formula is C16H26O3S. The minimum absolute atomic E-state index is 0.262. The monoisotopic (exact) mass is 298 g/mol. The van der Waals surface area contributed by atoms with Gasteiger partial charge in [-0.15, -0.1) is 0 Å². The summed E-state index contributed by atoms with van der Waals surface area (Å²) >= 11 is 0. The SMILES string of the molecule is CCCCCCc1ccc(CCCOS(C)(=O)=O)cc1. The highest BCUT2D eigenvalue weighted by molar-refractivity contribution is 7.85. The van der Waals surface area contributed by atoms with E-state index >= 15 is 0 Å². The summed E-state index contributed by atoms with van der Waals surface area (Å²) in [6, 6.07) is 8.63. The maximum absolute atomic E-state index is 10.8. The Morgan fingerprint density at radius 1 is 0.900 bits per heavy atom. The summed E-state index contributed by atoms with van der Waals surface area (Å²) in [5, 5.41) is 0. The molecular weight excluding hydrogens is 272 g/mol. The predicted molar refractivity (Wildman–Crippen MR) is 83.4 cm³/mol. The number of unbranched alkanes of at least 4 members (excludes halogenated alkanes) is 3. The van der Waals surface area contributed by atoms with Crippen molar-refractivity contribution in [3.8, 4) is 0 Å². The highest BCUT2D eigenvalue weighted by Crippen LogP contribution is 2.11. The first-order valence-corrected chi connectivity index (χ1v) is 9.25. The Labute approximate surface area is 123 Å². The third-order valence-corrected chi connectivity index (χ3v) is 3.84. The van der Waals surface area contributed by atoms with E-state index in [1.807, 2.05) is 0 Å². The molecule has 0 heterocycles. The van der Waals surface area contributed by atoms with E-state index in [0.717, 1.165) is 25.5 Å². The molecule has 0 aliphatic rings. The molecule has 0 spiro atoms. The molecule has 0 aromatic heterocycles. The van der Waals surface area contributed by atoms with Crippen molar-refractivity contribution in [2.24, 2.45) is 0 Å². The van der Waals surface area contributed by atoms with E-state index in [4.69, 9.17) is 4.18 Å². The zero-order valence-electron chi connectivity index (χ0n) is 12.6. The molecule has 0 unspecified atom stereocenters. The van der Waals surface area contributed by atoms with Crippen LogP contribution in [0.4, 0.5) is 0 Å². The zero-order chi connectivity index (χ0) is 14.8. The topological polar surface area (TPSA) is 43.4 Å². The smallest absolute Gasteiger partial charge is 0.264 e. The molecule has 20 heavy (non-hydrogen) atoms. The van der Waals surface area contributed by atoms with Crippen molar-refractivity contribution in [1.82, 2.24) is 0 Å². The number of aryl methyl sites for hydroxylation is 2. The molecule has 1 aromatic carbocycles. The Bertz CT molecular complexity index is 463. The van der Waals surface area contributed by atoms with Gasteiger partial charge in [0.1, 0.15) is 0 Å². The van der Waals surface area contributed by atoms with Crippen LogP contribution < -0.4 is 0 Å². The minimum Gasteiger partial charge on any atom is -0.270 e. The lowest BCUT2D eigenvalue weighted by atomic mass is 10.0. The van der Waals surface area contributed by atoms with Crippen molar-refractivity contribution >= 4 is 10.1 Å². The molecule has 114 valence electrons. The first kappa shape index (κ1) is 17.2. The summed E-state index contributed by atoms with van der Waals surface area (Å²) < 4.78 is 26.3. The molecule has 0 fully saturated rings.